The number of hydrogen-bond donors (Lipinski definition) is 1. The molecule has 1 N–H and O–H groups in total. The number of thioether (sulfide) groups is 1. The van der Waals surface area contributed by atoms with Crippen molar-refractivity contribution in [2.75, 3.05) is 25.3 Å². The van der Waals surface area contributed by atoms with Crippen LogP contribution in [0.4, 0.5) is 4.79 Å². The minimum Gasteiger partial charge on any atom is -0.469 e. The molecule has 22 heavy (non-hydrogen) atoms. The molecule has 1 rings (SSSR count). The van der Waals surface area contributed by atoms with Crippen LogP contribution < -0.4 is 5.32 Å². The van der Waals surface area contributed by atoms with Crippen molar-refractivity contribution in [2.24, 2.45) is 0 Å². The fourth-order valence-corrected chi connectivity index (χ4v) is 2.83. The number of alkyl carbamates (subject to hydrolysis) is 1. The summed E-state index contributed by atoms with van der Waals surface area (Å²) in [5, 5.41) is 2.56. The Balaban J connectivity index is 2.66. The van der Waals surface area contributed by atoms with Gasteiger partial charge >= 0.3 is 12.1 Å². The second-order valence-corrected chi connectivity index (χ2v) is 7.03. The Morgan fingerprint density at radius 3 is 2.50 bits per heavy atom. The molecule has 0 aromatic heterocycles. The van der Waals surface area contributed by atoms with E-state index in [1.807, 2.05) is 0 Å². The van der Waals surface area contributed by atoms with Crippen LogP contribution in [0, 0.1) is 0 Å². The highest BCUT2D eigenvalue weighted by Crippen LogP contribution is 2.16. The number of carbonyl (C=O) groups is 3. The van der Waals surface area contributed by atoms with Crippen molar-refractivity contribution in [3.05, 3.63) is 0 Å². The minimum atomic E-state index is -0.785. The summed E-state index contributed by atoms with van der Waals surface area (Å²) in [4.78, 5) is 37.3. The minimum absolute atomic E-state index is 0.0592. The zero-order valence-electron chi connectivity index (χ0n) is 13.5. The molecule has 0 bridgehead atoms. The molecule has 8 heteroatoms. The molecule has 0 aliphatic carbocycles. The van der Waals surface area contributed by atoms with Gasteiger partial charge in [0.15, 0.2) is 0 Å². The first-order valence-electron chi connectivity index (χ1n) is 7.16. The van der Waals surface area contributed by atoms with E-state index in [9.17, 15) is 14.4 Å². The predicted molar refractivity (Wildman–Crippen MR) is 83.4 cm³/mol. The second kappa shape index (κ2) is 8.26. The molecule has 1 aliphatic rings. The van der Waals surface area contributed by atoms with Crippen molar-refractivity contribution in [3.8, 4) is 0 Å². The summed E-state index contributed by atoms with van der Waals surface area (Å²) in [6, 6.07) is -0.785. The fraction of sp³-hybridized carbons (Fsp3) is 0.786. The number of methoxy groups -OCH3 is 1. The van der Waals surface area contributed by atoms with E-state index in [0.29, 0.717) is 12.4 Å². The lowest BCUT2D eigenvalue weighted by atomic mass is 10.1. The van der Waals surface area contributed by atoms with Gasteiger partial charge in [0.2, 0.25) is 5.91 Å². The maximum atomic E-state index is 12.4. The molecular weight excluding hydrogens is 308 g/mol. The number of nitrogens with one attached hydrogen (secondary N) is 1. The predicted octanol–water partition coefficient (Wildman–Crippen LogP) is 1.37. The maximum Gasteiger partial charge on any atom is 0.408 e. The Kier molecular flexibility index (Phi) is 6.99. The summed E-state index contributed by atoms with van der Waals surface area (Å²) in [6.45, 7) is 5.88. The van der Waals surface area contributed by atoms with Crippen LogP contribution in [0.5, 0.6) is 0 Å². The van der Waals surface area contributed by atoms with Gasteiger partial charge in [-0.1, -0.05) is 0 Å². The third-order valence-corrected chi connectivity index (χ3v) is 3.88. The lowest BCUT2D eigenvalue weighted by molar-refractivity contribution is -0.141. The van der Waals surface area contributed by atoms with Crippen molar-refractivity contribution < 1.29 is 23.9 Å². The van der Waals surface area contributed by atoms with Gasteiger partial charge < -0.3 is 19.7 Å². The molecule has 1 aliphatic heterocycles. The lowest BCUT2D eigenvalue weighted by Crippen LogP contribution is -2.49. The van der Waals surface area contributed by atoms with Crippen molar-refractivity contribution >= 4 is 29.7 Å². The highest BCUT2D eigenvalue weighted by molar-refractivity contribution is 7.99. The Hall–Kier alpha value is -1.44. The highest BCUT2D eigenvalue weighted by atomic mass is 32.2. The number of nitrogens with zero attached hydrogens (tertiary/aromatic N) is 1. The van der Waals surface area contributed by atoms with Gasteiger partial charge in [-0.2, -0.15) is 0 Å². The van der Waals surface area contributed by atoms with Crippen molar-refractivity contribution in [3.63, 3.8) is 0 Å². The summed E-state index contributed by atoms with van der Waals surface area (Å²) in [5.74, 6) is 0.866. The Labute approximate surface area is 135 Å². The highest BCUT2D eigenvalue weighted by Gasteiger charge is 2.30. The molecule has 0 unspecified atom stereocenters. The molecule has 0 aromatic rings. The van der Waals surface area contributed by atoms with Gasteiger partial charge in [0.25, 0.3) is 0 Å². The zero-order valence-corrected chi connectivity index (χ0v) is 14.3. The van der Waals surface area contributed by atoms with E-state index in [1.165, 1.54) is 7.11 Å². The average molecular weight is 332 g/mol. The summed E-state index contributed by atoms with van der Waals surface area (Å²) in [5.41, 5.74) is -0.649. The smallest absolute Gasteiger partial charge is 0.408 e. The van der Waals surface area contributed by atoms with Gasteiger partial charge in [0.05, 0.1) is 13.0 Å². The normalized spacial score (nSPS) is 16.1. The van der Waals surface area contributed by atoms with Crippen LogP contribution in [-0.2, 0) is 19.1 Å². The Morgan fingerprint density at radius 2 is 2.00 bits per heavy atom. The number of hydrogen-bond acceptors (Lipinski definition) is 6. The van der Waals surface area contributed by atoms with Gasteiger partial charge in [0.1, 0.15) is 11.6 Å². The molecule has 0 aromatic carbocycles. The summed E-state index contributed by atoms with van der Waals surface area (Å²) < 4.78 is 9.75. The second-order valence-electron chi connectivity index (χ2n) is 5.95. The summed E-state index contributed by atoms with van der Waals surface area (Å²) in [6.07, 6.45) is -0.419. The van der Waals surface area contributed by atoms with Gasteiger partial charge in [-0.3, -0.25) is 9.59 Å². The lowest BCUT2D eigenvalue weighted by Gasteiger charge is -2.25. The van der Waals surface area contributed by atoms with Gasteiger partial charge in [0, 0.05) is 18.7 Å². The van der Waals surface area contributed by atoms with E-state index in [4.69, 9.17) is 4.74 Å². The van der Waals surface area contributed by atoms with Gasteiger partial charge in [-0.05, 0) is 27.2 Å². The Morgan fingerprint density at radius 1 is 1.32 bits per heavy atom. The van der Waals surface area contributed by atoms with Crippen LogP contribution in [0.1, 0.15) is 33.6 Å². The standard InChI is InChI=1S/C14H24N2O5S/c1-14(2,3)21-13(19)15-10(5-6-11(17)20-4)12(18)16-7-8-22-9-16/h10H,5-9H2,1-4H3,(H,15,19)/t10-/m0/s1. The SMILES string of the molecule is COC(=O)CC[C@H](NC(=O)OC(C)(C)C)C(=O)N1CCSC1. The van der Waals surface area contributed by atoms with Crippen LogP contribution in [-0.4, -0.2) is 59.8 Å². The van der Waals surface area contributed by atoms with E-state index >= 15 is 0 Å². The number of ether oxygens (including phenoxy) is 2. The fourth-order valence-electron chi connectivity index (χ4n) is 1.88. The molecule has 1 saturated heterocycles. The molecule has 2 amide bonds. The summed E-state index contributed by atoms with van der Waals surface area (Å²) >= 11 is 1.66. The quantitative estimate of drug-likeness (QED) is 0.765. The monoisotopic (exact) mass is 332 g/mol. The van der Waals surface area contributed by atoms with Crippen molar-refractivity contribution in [1.82, 2.24) is 10.2 Å². The van der Waals surface area contributed by atoms with Crippen LogP contribution in [0.3, 0.4) is 0 Å². The molecule has 1 heterocycles. The third-order valence-electron chi connectivity index (χ3n) is 2.92. The van der Waals surface area contributed by atoms with Crippen LogP contribution >= 0.6 is 11.8 Å². The van der Waals surface area contributed by atoms with Gasteiger partial charge in [-0.25, -0.2) is 4.79 Å². The van der Waals surface area contributed by atoms with Crippen LogP contribution in [0.25, 0.3) is 0 Å². The van der Waals surface area contributed by atoms with Crippen LogP contribution in [0.15, 0.2) is 0 Å². The molecule has 0 spiro atoms. The average Bonchev–Trinajstić information content (AvgIpc) is 2.94. The topological polar surface area (TPSA) is 84.9 Å². The van der Waals surface area contributed by atoms with Crippen LogP contribution in [0.2, 0.25) is 0 Å². The van der Waals surface area contributed by atoms with Gasteiger partial charge in [-0.15, -0.1) is 11.8 Å². The van der Waals surface area contributed by atoms with E-state index in [2.05, 4.69) is 10.1 Å². The first kappa shape index (κ1) is 18.6. The molecule has 126 valence electrons. The number of rotatable bonds is 5. The molecule has 1 atom stereocenters. The molecule has 7 nitrogen and oxygen atoms in total. The number of carbonyl (C=O) groups excluding carboxylic acids is 3. The van der Waals surface area contributed by atoms with Crippen molar-refractivity contribution in [1.29, 1.82) is 0 Å². The van der Waals surface area contributed by atoms with E-state index in [-0.39, 0.29) is 18.7 Å². The van der Waals surface area contributed by atoms with E-state index in [1.54, 1.807) is 37.4 Å². The number of amides is 2. The largest absolute Gasteiger partial charge is 0.469 e. The zero-order chi connectivity index (χ0) is 16.8. The number of esters is 1. The first-order valence-corrected chi connectivity index (χ1v) is 8.31. The molecule has 1 fully saturated rings. The first-order chi connectivity index (χ1) is 10.2. The van der Waals surface area contributed by atoms with Crippen molar-refractivity contribution in [2.45, 2.75) is 45.3 Å². The molecule has 0 radical (unpaired) electrons. The molecule has 0 saturated carbocycles. The van der Waals surface area contributed by atoms with E-state index in [0.717, 1.165) is 5.75 Å². The Bertz CT molecular complexity index is 416. The summed E-state index contributed by atoms with van der Waals surface area (Å²) in [7, 11) is 1.29. The van der Waals surface area contributed by atoms with E-state index < -0.39 is 23.7 Å². The molecular formula is C14H24N2O5S. The third kappa shape index (κ3) is 6.55. The maximum absolute atomic E-state index is 12.4.